The Morgan fingerprint density at radius 3 is 3.06 bits per heavy atom. The molecule has 0 bridgehead atoms. The first-order valence-electron chi connectivity index (χ1n) is 6.99. The van der Waals surface area contributed by atoms with Crippen molar-refractivity contribution in [2.45, 2.75) is 50.9 Å². The zero-order valence-electron chi connectivity index (χ0n) is 10.9. The molecule has 1 heterocycles. The van der Waals surface area contributed by atoms with Gasteiger partial charge in [-0.05, 0) is 32.2 Å². The molecule has 0 spiro atoms. The highest BCUT2D eigenvalue weighted by molar-refractivity contribution is 4.77. The molecule has 17 heavy (non-hydrogen) atoms. The predicted octanol–water partition coefficient (Wildman–Crippen LogP) is 0.994. The Morgan fingerprint density at radius 2 is 2.29 bits per heavy atom. The van der Waals surface area contributed by atoms with Gasteiger partial charge in [0.2, 0.25) is 0 Å². The molecule has 2 N–H and O–H groups in total. The summed E-state index contributed by atoms with van der Waals surface area (Å²) in [6.45, 7) is 6.94. The van der Waals surface area contributed by atoms with Gasteiger partial charge in [-0.15, -0.1) is 0 Å². The van der Waals surface area contributed by atoms with E-state index in [0.717, 1.165) is 52.1 Å². The zero-order valence-corrected chi connectivity index (χ0v) is 10.9. The van der Waals surface area contributed by atoms with Crippen molar-refractivity contribution in [1.82, 2.24) is 4.90 Å². The molecule has 1 aliphatic heterocycles. The third kappa shape index (κ3) is 4.21. The Morgan fingerprint density at radius 1 is 1.41 bits per heavy atom. The molecular weight excluding hydrogens is 216 g/mol. The minimum absolute atomic E-state index is 0.252. The van der Waals surface area contributed by atoms with Crippen LogP contribution in [0.4, 0.5) is 0 Å². The Bertz CT molecular complexity index is 225. The maximum absolute atomic E-state index is 5.96. The van der Waals surface area contributed by atoms with E-state index in [9.17, 15) is 0 Å². The first-order valence-corrected chi connectivity index (χ1v) is 6.99. The summed E-state index contributed by atoms with van der Waals surface area (Å²) in [6.07, 6.45) is 5.16. The number of nitrogens with two attached hydrogens (primary N) is 1. The lowest BCUT2D eigenvalue weighted by Crippen LogP contribution is -2.45. The van der Waals surface area contributed by atoms with E-state index in [-0.39, 0.29) is 6.10 Å². The molecule has 2 aliphatic rings. The summed E-state index contributed by atoms with van der Waals surface area (Å²) >= 11 is 0. The average Bonchev–Trinajstić information content (AvgIpc) is 2.37. The first kappa shape index (κ1) is 13.3. The highest BCUT2D eigenvalue weighted by Crippen LogP contribution is 2.20. The monoisotopic (exact) mass is 242 g/mol. The van der Waals surface area contributed by atoms with Crippen molar-refractivity contribution in [3.05, 3.63) is 0 Å². The SMILES string of the molecule is CCN1CCOC(COC2CCCC(N)C2)C1. The molecular formula is C13H26N2O2. The van der Waals surface area contributed by atoms with Crippen molar-refractivity contribution >= 4 is 0 Å². The van der Waals surface area contributed by atoms with Crippen LogP contribution in [0, 0.1) is 0 Å². The van der Waals surface area contributed by atoms with Crippen LogP contribution in [0.5, 0.6) is 0 Å². The molecule has 0 amide bonds. The third-order valence-electron chi connectivity index (χ3n) is 3.85. The fraction of sp³-hybridized carbons (Fsp3) is 1.00. The summed E-state index contributed by atoms with van der Waals surface area (Å²) in [6, 6.07) is 0.341. The van der Waals surface area contributed by atoms with Gasteiger partial charge in [-0.3, -0.25) is 4.90 Å². The smallest absolute Gasteiger partial charge is 0.0935 e. The normalized spacial score (nSPS) is 36.0. The zero-order chi connectivity index (χ0) is 12.1. The number of hydrogen-bond acceptors (Lipinski definition) is 4. The van der Waals surface area contributed by atoms with E-state index in [2.05, 4.69) is 11.8 Å². The molecule has 1 aliphatic carbocycles. The number of nitrogens with zero attached hydrogens (tertiary/aromatic N) is 1. The molecule has 0 aromatic heterocycles. The van der Waals surface area contributed by atoms with E-state index in [1.54, 1.807) is 0 Å². The van der Waals surface area contributed by atoms with Crippen LogP contribution in [0.25, 0.3) is 0 Å². The lowest BCUT2D eigenvalue weighted by atomic mass is 9.93. The quantitative estimate of drug-likeness (QED) is 0.799. The Balaban J connectivity index is 1.66. The maximum atomic E-state index is 5.96. The molecule has 0 aromatic rings. The molecule has 4 heteroatoms. The van der Waals surface area contributed by atoms with Crippen LogP contribution in [0.15, 0.2) is 0 Å². The maximum Gasteiger partial charge on any atom is 0.0935 e. The van der Waals surface area contributed by atoms with Crippen molar-refractivity contribution in [2.24, 2.45) is 5.73 Å². The predicted molar refractivity (Wildman–Crippen MR) is 68.0 cm³/mol. The molecule has 3 unspecified atom stereocenters. The molecule has 2 rings (SSSR count). The number of likely N-dealkylation sites (N-methyl/N-ethyl adjacent to an activating group) is 1. The second-order valence-corrected chi connectivity index (χ2v) is 5.27. The topological polar surface area (TPSA) is 47.7 Å². The number of morpholine rings is 1. The molecule has 0 aromatic carbocycles. The van der Waals surface area contributed by atoms with Crippen molar-refractivity contribution < 1.29 is 9.47 Å². The largest absolute Gasteiger partial charge is 0.375 e. The van der Waals surface area contributed by atoms with Crippen LogP contribution in [-0.4, -0.2) is 56.0 Å². The molecule has 1 saturated heterocycles. The van der Waals surface area contributed by atoms with Gasteiger partial charge in [-0.1, -0.05) is 6.92 Å². The van der Waals surface area contributed by atoms with Gasteiger partial charge < -0.3 is 15.2 Å². The van der Waals surface area contributed by atoms with E-state index < -0.39 is 0 Å². The second-order valence-electron chi connectivity index (χ2n) is 5.27. The fourth-order valence-corrected chi connectivity index (χ4v) is 2.74. The summed E-state index contributed by atoms with van der Waals surface area (Å²) < 4.78 is 11.7. The van der Waals surface area contributed by atoms with Crippen LogP contribution in [0.2, 0.25) is 0 Å². The van der Waals surface area contributed by atoms with Gasteiger partial charge in [0.1, 0.15) is 0 Å². The minimum Gasteiger partial charge on any atom is -0.375 e. The summed E-state index contributed by atoms with van der Waals surface area (Å²) in [7, 11) is 0. The fourth-order valence-electron chi connectivity index (χ4n) is 2.74. The van der Waals surface area contributed by atoms with E-state index in [0.29, 0.717) is 12.1 Å². The van der Waals surface area contributed by atoms with Gasteiger partial charge in [0, 0.05) is 19.1 Å². The lowest BCUT2D eigenvalue weighted by Gasteiger charge is -2.34. The Labute approximate surface area is 104 Å². The van der Waals surface area contributed by atoms with Gasteiger partial charge in [0.05, 0.1) is 25.4 Å². The van der Waals surface area contributed by atoms with Crippen molar-refractivity contribution in [1.29, 1.82) is 0 Å². The number of ether oxygens (including phenoxy) is 2. The van der Waals surface area contributed by atoms with Crippen molar-refractivity contribution in [3.63, 3.8) is 0 Å². The van der Waals surface area contributed by atoms with Crippen molar-refractivity contribution in [3.8, 4) is 0 Å². The van der Waals surface area contributed by atoms with Gasteiger partial charge in [-0.25, -0.2) is 0 Å². The van der Waals surface area contributed by atoms with E-state index >= 15 is 0 Å². The standard InChI is InChI=1S/C13H26N2O2/c1-2-15-6-7-16-13(9-15)10-17-12-5-3-4-11(14)8-12/h11-13H,2-10,14H2,1H3. The van der Waals surface area contributed by atoms with Gasteiger partial charge in [-0.2, -0.15) is 0 Å². The molecule has 100 valence electrons. The highest BCUT2D eigenvalue weighted by atomic mass is 16.5. The highest BCUT2D eigenvalue weighted by Gasteiger charge is 2.23. The molecule has 0 radical (unpaired) electrons. The summed E-state index contributed by atoms with van der Waals surface area (Å²) in [5.41, 5.74) is 5.96. The molecule has 2 fully saturated rings. The van der Waals surface area contributed by atoms with Crippen LogP contribution in [0.3, 0.4) is 0 Å². The summed E-state index contributed by atoms with van der Waals surface area (Å²) in [5, 5.41) is 0. The van der Waals surface area contributed by atoms with E-state index in [1.165, 1.54) is 6.42 Å². The molecule has 1 saturated carbocycles. The average molecular weight is 242 g/mol. The molecule has 4 nitrogen and oxygen atoms in total. The lowest BCUT2D eigenvalue weighted by molar-refractivity contribution is -0.0900. The first-order chi connectivity index (χ1) is 8.28. The van der Waals surface area contributed by atoms with Gasteiger partial charge in [0.25, 0.3) is 0 Å². The van der Waals surface area contributed by atoms with Crippen LogP contribution in [-0.2, 0) is 9.47 Å². The number of rotatable bonds is 4. The number of hydrogen-bond donors (Lipinski definition) is 1. The summed E-state index contributed by atoms with van der Waals surface area (Å²) in [4.78, 5) is 2.42. The second kappa shape index (κ2) is 6.69. The van der Waals surface area contributed by atoms with Gasteiger partial charge >= 0.3 is 0 Å². The third-order valence-corrected chi connectivity index (χ3v) is 3.85. The summed E-state index contributed by atoms with van der Waals surface area (Å²) in [5.74, 6) is 0. The molecule has 3 atom stereocenters. The Hall–Kier alpha value is -0.160. The van der Waals surface area contributed by atoms with E-state index in [4.69, 9.17) is 15.2 Å². The van der Waals surface area contributed by atoms with Gasteiger partial charge in [0.15, 0.2) is 0 Å². The minimum atomic E-state index is 0.252. The van der Waals surface area contributed by atoms with E-state index in [1.807, 2.05) is 0 Å². The van der Waals surface area contributed by atoms with Crippen LogP contribution < -0.4 is 5.73 Å². The Kier molecular flexibility index (Phi) is 5.22. The van der Waals surface area contributed by atoms with Crippen LogP contribution in [0.1, 0.15) is 32.6 Å². The van der Waals surface area contributed by atoms with Crippen molar-refractivity contribution in [2.75, 3.05) is 32.8 Å². The van der Waals surface area contributed by atoms with Crippen LogP contribution >= 0.6 is 0 Å².